The molecule has 0 aliphatic carbocycles. The number of carboxylic acids is 2. The Balaban J connectivity index is -0.0000000680. The van der Waals surface area contributed by atoms with Crippen molar-refractivity contribution in [1.82, 2.24) is 0 Å². The highest BCUT2D eigenvalue weighted by molar-refractivity contribution is 5.71. The van der Waals surface area contributed by atoms with E-state index in [1.807, 2.05) is 0 Å². The average Bonchev–Trinajstić information content (AvgIpc) is 2.81. The van der Waals surface area contributed by atoms with Gasteiger partial charge in [0.25, 0.3) is 0 Å². The van der Waals surface area contributed by atoms with Gasteiger partial charge in [-0.05, 0) is 0 Å². The fourth-order valence-electron chi connectivity index (χ4n) is 0.542. The molecule has 0 amide bonds. The van der Waals surface area contributed by atoms with Crippen molar-refractivity contribution in [2.75, 3.05) is 82.8 Å². The van der Waals surface area contributed by atoms with Crippen molar-refractivity contribution < 1.29 is 77.9 Å². The van der Waals surface area contributed by atoms with Crippen LogP contribution in [-0.2, 0) is 52.4 Å². The standard InChI is InChI=1S/2C4H8O3.2C3H6O3.C2H4O3.CH4O/c2*1-6-3-4(5)7-2;1-6-2-3(4)5;1-6-3(5)2-4;3-1-2(4)5;1-2/h2*3H2,1-2H3;2H2,1H3,(H,4,5);4H,2H2,1H3;3H,1H2,(H,4,5);2H,1H3. The molecule has 0 bridgehead atoms. The topological polar surface area (TPSA) is 242 Å². The summed E-state index contributed by atoms with van der Waals surface area (Å²) in [4.78, 5) is 48.4. The van der Waals surface area contributed by atoms with E-state index in [-0.39, 0.29) is 31.8 Å². The summed E-state index contributed by atoms with van der Waals surface area (Å²) >= 11 is 0. The van der Waals surface area contributed by atoms with Crippen LogP contribution in [-0.4, -0.2) is 138 Å². The fraction of sp³-hybridized carbons (Fsp3) is 0.706. The van der Waals surface area contributed by atoms with Gasteiger partial charge >= 0.3 is 29.8 Å². The Hall–Kier alpha value is -2.89. The van der Waals surface area contributed by atoms with Crippen LogP contribution in [0.3, 0.4) is 0 Å². The summed E-state index contributed by atoms with van der Waals surface area (Å²) in [6.07, 6.45) is 0. The lowest BCUT2D eigenvalue weighted by Crippen LogP contribution is -2.07. The zero-order valence-corrected chi connectivity index (χ0v) is 19.8. The van der Waals surface area contributed by atoms with E-state index in [0.29, 0.717) is 0 Å². The lowest BCUT2D eigenvalue weighted by atomic mass is 10.7. The second-order valence-corrected chi connectivity index (χ2v) is 4.13. The molecular weight excluding hydrogens is 460 g/mol. The third-order valence-corrected chi connectivity index (χ3v) is 1.74. The second-order valence-electron chi connectivity index (χ2n) is 4.13. The Morgan fingerprint density at radius 1 is 0.515 bits per heavy atom. The molecule has 0 heterocycles. The molecule has 0 saturated carbocycles. The zero-order chi connectivity index (χ0) is 27.7. The molecule has 0 atom stereocenters. The van der Waals surface area contributed by atoms with Gasteiger partial charge in [0.1, 0.15) is 33.0 Å². The molecule has 0 unspecified atom stereocenters. The van der Waals surface area contributed by atoms with Gasteiger partial charge in [0.05, 0.1) is 21.3 Å². The molecule has 16 nitrogen and oxygen atoms in total. The number of aliphatic carboxylic acids is 2. The van der Waals surface area contributed by atoms with E-state index in [1.54, 1.807) is 0 Å². The van der Waals surface area contributed by atoms with Crippen molar-refractivity contribution in [3.63, 3.8) is 0 Å². The lowest BCUT2D eigenvalue weighted by Gasteiger charge is -1.92. The summed E-state index contributed by atoms with van der Waals surface area (Å²) in [6, 6.07) is 0. The maximum absolute atomic E-state index is 10.1. The number of aliphatic hydroxyl groups excluding tert-OH is 3. The number of carboxylic acid groups (broad SMARTS) is 2. The third-order valence-electron chi connectivity index (χ3n) is 1.74. The second kappa shape index (κ2) is 43.1. The fourth-order valence-corrected chi connectivity index (χ4v) is 0.542. The quantitative estimate of drug-likeness (QED) is 0.168. The Labute approximate surface area is 191 Å². The van der Waals surface area contributed by atoms with Crippen molar-refractivity contribution in [2.24, 2.45) is 0 Å². The van der Waals surface area contributed by atoms with Crippen LogP contribution in [0.5, 0.6) is 0 Å². The van der Waals surface area contributed by atoms with Crippen LogP contribution in [0.4, 0.5) is 0 Å². The molecule has 16 heteroatoms. The molecule has 0 spiro atoms. The van der Waals surface area contributed by atoms with Crippen molar-refractivity contribution in [3.05, 3.63) is 0 Å². The number of carbonyl (C=O) groups excluding carboxylic acids is 3. The smallest absolute Gasteiger partial charge is 0.331 e. The average molecular weight is 496 g/mol. The third kappa shape index (κ3) is 82.4. The monoisotopic (exact) mass is 496 g/mol. The van der Waals surface area contributed by atoms with Gasteiger partial charge in [0, 0.05) is 28.4 Å². The van der Waals surface area contributed by atoms with Crippen molar-refractivity contribution in [1.29, 1.82) is 0 Å². The maximum Gasteiger partial charge on any atom is 0.331 e. The Morgan fingerprint density at radius 3 is 0.818 bits per heavy atom. The summed E-state index contributed by atoms with van der Waals surface area (Å²) in [5.74, 6) is -3.41. The highest BCUT2D eigenvalue weighted by Gasteiger charge is 1.94. The number of esters is 3. The number of carbonyl (C=O) groups is 5. The number of ether oxygens (including phenoxy) is 6. The van der Waals surface area contributed by atoms with E-state index >= 15 is 0 Å². The van der Waals surface area contributed by atoms with Gasteiger partial charge in [-0.15, -0.1) is 0 Å². The minimum Gasteiger partial charge on any atom is -0.480 e. The summed E-state index contributed by atoms with van der Waals surface area (Å²) in [5, 5.41) is 37.7. The Morgan fingerprint density at radius 2 is 0.788 bits per heavy atom. The first-order chi connectivity index (χ1) is 15.5. The Kier molecular flexibility index (Phi) is 57.3. The summed E-state index contributed by atoms with van der Waals surface area (Å²) in [7, 11) is 9.09. The van der Waals surface area contributed by atoms with Crippen LogP contribution in [0.2, 0.25) is 0 Å². The molecule has 0 rings (SSSR count). The molecule has 0 aliphatic rings. The maximum atomic E-state index is 10.1. The molecule has 0 fully saturated rings. The van der Waals surface area contributed by atoms with Crippen molar-refractivity contribution >= 4 is 29.8 Å². The first-order valence-corrected chi connectivity index (χ1v) is 8.24. The van der Waals surface area contributed by atoms with Crippen LogP contribution in [0, 0.1) is 0 Å². The van der Waals surface area contributed by atoms with E-state index in [1.165, 1.54) is 42.7 Å². The van der Waals surface area contributed by atoms with Gasteiger partial charge in [0.15, 0.2) is 0 Å². The van der Waals surface area contributed by atoms with Gasteiger partial charge in [-0.2, -0.15) is 0 Å². The van der Waals surface area contributed by atoms with Crippen molar-refractivity contribution in [2.45, 2.75) is 0 Å². The largest absolute Gasteiger partial charge is 0.480 e. The molecule has 0 aromatic rings. The normalized spacial score (nSPS) is 7.70. The van der Waals surface area contributed by atoms with Crippen LogP contribution >= 0.6 is 0 Å². The summed E-state index contributed by atoms with van der Waals surface area (Å²) in [5.41, 5.74) is 0. The molecule has 0 aromatic heterocycles. The molecule has 200 valence electrons. The molecule has 5 N–H and O–H groups in total. The van der Waals surface area contributed by atoms with E-state index in [9.17, 15) is 19.2 Å². The van der Waals surface area contributed by atoms with E-state index < -0.39 is 31.1 Å². The van der Waals surface area contributed by atoms with Gasteiger partial charge < -0.3 is 54.0 Å². The van der Waals surface area contributed by atoms with Crippen LogP contribution < -0.4 is 0 Å². The number of aliphatic hydroxyl groups is 3. The molecule has 0 aliphatic heterocycles. The molecule has 0 saturated heterocycles. The molecular formula is C17H36O16. The van der Waals surface area contributed by atoms with Gasteiger partial charge in [-0.1, -0.05) is 0 Å². The zero-order valence-electron chi connectivity index (χ0n) is 19.8. The first-order valence-electron chi connectivity index (χ1n) is 8.24. The molecule has 33 heavy (non-hydrogen) atoms. The number of hydrogen-bond acceptors (Lipinski definition) is 14. The van der Waals surface area contributed by atoms with E-state index in [4.69, 9.17) is 30.3 Å². The summed E-state index contributed by atoms with van der Waals surface area (Å²) in [6.45, 7) is -1.44. The molecule has 0 aromatic carbocycles. The minimum absolute atomic E-state index is 0.0382. The van der Waals surface area contributed by atoms with Crippen LogP contribution in [0.1, 0.15) is 0 Å². The summed E-state index contributed by atoms with van der Waals surface area (Å²) < 4.78 is 25.5. The van der Waals surface area contributed by atoms with Gasteiger partial charge in [0.2, 0.25) is 0 Å². The minimum atomic E-state index is -1.19. The van der Waals surface area contributed by atoms with E-state index in [2.05, 4.69) is 28.4 Å². The molecule has 0 radical (unpaired) electrons. The van der Waals surface area contributed by atoms with E-state index in [0.717, 1.165) is 7.11 Å². The lowest BCUT2D eigenvalue weighted by molar-refractivity contribution is -0.145. The van der Waals surface area contributed by atoms with Crippen molar-refractivity contribution in [3.8, 4) is 0 Å². The predicted octanol–water partition coefficient (Wildman–Crippen LogP) is -2.85. The number of methoxy groups -OCH3 is 6. The SMILES string of the molecule is CO.COC(=O)CO.COCC(=O)O.COCC(=O)OC.COCC(=O)OC.O=C(O)CO. The van der Waals surface area contributed by atoms with Crippen LogP contribution in [0.25, 0.3) is 0 Å². The predicted molar refractivity (Wildman–Crippen MR) is 109 cm³/mol. The van der Waals surface area contributed by atoms with Gasteiger partial charge in [-0.25, -0.2) is 24.0 Å². The van der Waals surface area contributed by atoms with Crippen LogP contribution in [0.15, 0.2) is 0 Å². The first kappa shape index (κ1) is 43.9. The number of rotatable bonds is 8. The number of hydrogen-bond donors (Lipinski definition) is 5. The highest BCUT2D eigenvalue weighted by Crippen LogP contribution is 1.71. The Bertz CT molecular complexity index is 428. The van der Waals surface area contributed by atoms with Gasteiger partial charge in [-0.3, -0.25) is 0 Å². The highest BCUT2D eigenvalue weighted by atomic mass is 16.6.